The summed E-state index contributed by atoms with van der Waals surface area (Å²) in [6, 6.07) is 0. The van der Waals surface area contributed by atoms with E-state index in [-0.39, 0.29) is 0 Å². The van der Waals surface area contributed by atoms with E-state index >= 15 is 0 Å². The van der Waals surface area contributed by atoms with Crippen molar-refractivity contribution in [3.63, 3.8) is 0 Å². The molecule has 2 heterocycles. The Morgan fingerprint density at radius 3 is 3.00 bits per heavy atom. The van der Waals surface area contributed by atoms with Gasteiger partial charge in [-0.3, -0.25) is 4.68 Å². The van der Waals surface area contributed by atoms with E-state index in [9.17, 15) is 0 Å². The second-order valence-corrected chi connectivity index (χ2v) is 5.19. The lowest BCUT2D eigenvalue weighted by atomic mass is 10.0. The molecule has 108 valence electrons. The Balaban J connectivity index is 1.81. The van der Waals surface area contributed by atoms with Gasteiger partial charge in [-0.25, -0.2) is 0 Å². The van der Waals surface area contributed by atoms with Crippen molar-refractivity contribution < 1.29 is 9.47 Å². The first-order valence-corrected chi connectivity index (χ1v) is 7.10. The van der Waals surface area contributed by atoms with Crippen LogP contribution in [0.3, 0.4) is 0 Å². The summed E-state index contributed by atoms with van der Waals surface area (Å²) >= 11 is 0. The number of hydrogen-bond donors (Lipinski definition) is 1. The van der Waals surface area contributed by atoms with E-state index in [4.69, 9.17) is 9.47 Å². The number of methoxy groups -OCH3 is 1. The normalized spacial score (nSPS) is 16.9. The number of rotatable bonds is 7. The Bertz CT molecular complexity index is 373. The number of nitrogens with one attached hydrogen (secondary N) is 1. The smallest absolute Gasteiger partial charge is 0.0638 e. The third kappa shape index (κ3) is 4.60. The third-order valence-corrected chi connectivity index (χ3v) is 3.63. The Hall–Kier alpha value is -0.910. The fourth-order valence-electron chi connectivity index (χ4n) is 2.42. The molecular formula is C14H25N3O2. The second-order valence-electron chi connectivity index (χ2n) is 5.19. The van der Waals surface area contributed by atoms with Crippen molar-refractivity contribution in [2.24, 2.45) is 5.92 Å². The summed E-state index contributed by atoms with van der Waals surface area (Å²) in [7, 11) is 1.72. The molecule has 1 aliphatic heterocycles. The Morgan fingerprint density at radius 2 is 2.26 bits per heavy atom. The summed E-state index contributed by atoms with van der Waals surface area (Å²) in [6.07, 6.45) is 4.48. The predicted octanol–water partition coefficient (Wildman–Crippen LogP) is 1.35. The minimum atomic E-state index is 0.711. The zero-order chi connectivity index (χ0) is 13.5. The topological polar surface area (TPSA) is 48.3 Å². The number of aromatic nitrogens is 2. The first kappa shape index (κ1) is 14.5. The molecular weight excluding hydrogens is 242 g/mol. The average molecular weight is 267 g/mol. The van der Waals surface area contributed by atoms with Crippen LogP contribution in [0, 0.1) is 12.8 Å². The van der Waals surface area contributed by atoms with Crippen LogP contribution in [0.25, 0.3) is 0 Å². The van der Waals surface area contributed by atoms with Gasteiger partial charge in [0.1, 0.15) is 0 Å². The molecule has 0 unspecified atom stereocenters. The first-order chi connectivity index (χ1) is 9.29. The molecule has 1 aliphatic rings. The van der Waals surface area contributed by atoms with Crippen molar-refractivity contribution in [1.29, 1.82) is 0 Å². The summed E-state index contributed by atoms with van der Waals surface area (Å²) in [5.74, 6) is 0.711. The molecule has 0 radical (unpaired) electrons. The van der Waals surface area contributed by atoms with E-state index < -0.39 is 0 Å². The van der Waals surface area contributed by atoms with Crippen LogP contribution in [0.4, 0.5) is 0 Å². The van der Waals surface area contributed by atoms with Gasteiger partial charge >= 0.3 is 0 Å². The van der Waals surface area contributed by atoms with Gasteiger partial charge in [-0.1, -0.05) is 0 Å². The highest BCUT2D eigenvalue weighted by atomic mass is 16.5. The molecule has 0 atom stereocenters. The molecule has 0 amide bonds. The minimum Gasteiger partial charge on any atom is -0.383 e. The fourth-order valence-corrected chi connectivity index (χ4v) is 2.42. The van der Waals surface area contributed by atoms with Crippen LogP contribution >= 0.6 is 0 Å². The molecule has 19 heavy (non-hydrogen) atoms. The maximum absolute atomic E-state index is 5.39. The lowest BCUT2D eigenvalue weighted by molar-refractivity contribution is 0.0601. The summed E-state index contributed by atoms with van der Waals surface area (Å²) in [6.45, 7) is 7.38. The Kier molecular flexibility index (Phi) is 5.82. The molecule has 1 aromatic heterocycles. The molecule has 0 spiro atoms. The van der Waals surface area contributed by atoms with E-state index in [1.807, 2.05) is 0 Å². The van der Waals surface area contributed by atoms with Crippen LogP contribution in [-0.4, -0.2) is 43.3 Å². The van der Waals surface area contributed by atoms with Gasteiger partial charge in [-0.15, -0.1) is 0 Å². The van der Waals surface area contributed by atoms with Crippen molar-refractivity contribution in [2.45, 2.75) is 32.9 Å². The summed E-state index contributed by atoms with van der Waals surface area (Å²) in [5.41, 5.74) is 2.40. The lowest BCUT2D eigenvalue weighted by Crippen LogP contribution is -2.20. The van der Waals surface area contributed by atoms with Crippen molar-refractivity contribution in [2.75, 3.05) is 33.5 Å². The molecule has 0 aliphatic carbocycles. The third-order valence-electron chi connectivity index (χ3n) is 3.63. The van der Waals surface area contributed by atoms with Gasteiger partial charge in [0.15, 0.2) is 0 Å². The molecule has 0 bridgehead atoms. The van der Waals surface area contributed by atoms with E-state index in [1.54, 1.807) is 7.11 Å². The van der Waals surface area contributed by atoms with E-state index in [0.717, 1.165) is 58.0 Å². The summed E-state index contributed by atoms with van der Waals surface area (Å²) in [4.78, 5) is 0. The van der Waals surface area contributed by atoms with E-state index in [2.05, 4.69) is 28.2 Å². The molecule has 5 heteroatoms. The van der Waals surface area contributed by atoms with Gasteiger partial charge in [-0.05, 0) is 25.7 Å². The van der Waals surface area contributed by atoms with Crippen LogP contribution in [0.1, 0.15) is 24.1 Å². The van der Waals surface area contributed by atoms with Gasteiger partial charge in [0.05, 0.1) is 12.3 Å². The fraction of sp³-hybridized carbons (Fsp3) is 0.786. The number of aryl methyl sites for hydroxylation is 1. The molecule has 1 N–H and O–H groups in total. The molecule has 0 aromatic carbocycles. The maximum atomic E-state index is 5.39. The molecule has 0 saturated carbocycles. The second kappa shape index (κ2) is 7.62. The van der Waals surface area contributed by atoms with Crippen LogP contribution < -0.4 is 5.32 Å². The van der Waals surface area contributed by atoms with Crippen LogP contribution in [0.2, 0.25) is 0 Å². The van der Waals surface area contributed by atoms with Crippen molar-refractivity contribution in [3.8, 4) is 0 Å². The zero-order valence-corrected chi connectivity index (χ0v) is 12.0. The minimum absolute atomic E-state index is 0.711. The van der Waals surface area contributed by atoms with Crippen molar-refractivity contribution in [1.82, 2.24) is 15.1 Å². The Morgan fingerprint density at radius 1 is 1.47 bits per heavy atom. The highest BCUT2D eigenvalue weighted by Gasteiger charge is 2.15. The number of hydrogen-bond acceptors (Lipinski definition) is 4. The largest absolute Gasteiger partial charge is 0.383 e. The van der Waals surface area contributed by atoms with E-state index in [0.29, 0.717) is 5.92 Å². The molecule has 1 saturated heterocycles. The monoisotopic (exact) mass is 267 g/mol. The van der Waals surface area contributed by atoms with Crippen molar-refractivity contribution >= 4 is 0 Å². The number of ether oxygens (including phenoxy) is 2. The van der Waals surface area contributed by atoms with E-state index in [1.165, 1.54) is 5.56 Å². The first-order valence-electron chi connectivity index (χ1n) is 7.10. The summed E-state index contributed by atoms with van der Waals surface area (Å²) in [5, 5.41) is 7.97. The maximum Gasteiger partial charge on any atom is 0.0638 e. The summed E-state index contributed by atoms with van der Waals surface area (Å²) < 4.78 is 12.5. The SMILES string of the molecule is COCCNCc1cn(CC2CCOCC2)nc1C. The van der Waals surface area contributed by atoms with Crippen LogP contribution in [0.15, 0.2) is 6.20 Å². The average Bonchev–Trinajstić information content (AvgIpc) is 2.76. The van der Waals surface area contributed by atoms with Gasteiger partial charge in [0.2, 0.25) is 0 Å². The van der Waals surface area contributed by atoms with Crippen LogP contribution in [-0.2, 0) is 22.6 Å². The van der Waals surface area contributed by atoms with Gasteiger partial charge in [0.25, 0.3) is 0 Å². The number of nitrogens with zero attached hydrogens (tertiary/aromatic N) is 2. The zero-order valence-electron chi connectivity index (χ0n) is 12.0. The standard InChI is InChI=1S/C14H25N3O2/c1-12-14(9-15-5-8-18-2)11-17(16-12)10-13-3-6-19-7-4-13/h11,13,15H,3-10H2,1-2H3. The Labute approximate surface area is 115 Å². The molecule has 1 fully saturated rings. The highest BCUT2D eigenvalue weighted by Crippen LogP contribution is 2.17. The molecule has 2 rings (SSSR count). The van der Waals surface area contributed by atoms with Crippen LogP contribution in [0.5, 0.6) is 0 Å². The molecule has 1 aromatic rings. The van der Waals surface area contributed by atoms with Gasteiger partial charge < -0.3 is 14.8 Å². The lowest BCUT2D eigenvalue weighted by Gasteiger charge is -2.21. The van der Waals surface area contributed by atoms with Crippen molar-refractivity contribution in [3.05, 3.63) is 17.5 Å². The predicted molar refractivity (Wildman–Crippen MR) is 74.1 cm³/mol. The molecule has 5 nitrogen and oxygen atoms in total. The van der Waals surface area contributed by atoms with Gasteiger partial charge in [0, 0.05) is 51.7 Å². The highest BCUT2D eigenvalue weighted by molar-refractivity contribution is 5.15. The van der Waals surface area contributed by atoms with Gasteiger partial charge in [-0.2, -0.15) is 5.10 Å². The quantitative estimate of drug-likeness (QED) is 0.758.